The molecule has 0 spiro atoms. The van der Waals surface area contributed by atoms with E-state index >= 15 is 0 Å². The van der Waals surface area contributed by atoms with Crippen LogP contribution in [0.15, 0.2) is 29.2 Å². The Morgan fingerprint density at radius 2 is 1.89 bits per heavy atom. The van der Waals surface area contributed by atoms with E-state index in [1.54, 1.807) is 0 Å². The van der Waals surface area contributed by atoms with Crippen LogP contribution in [0.3, 0.4) is 0 Å². The van der Waals surface area contributed by atoms with E-state index in [0.717, 1.165) is 6.42 Å². The van der Waals surface area contributed by atoms with Crippen LogP contribution in [0.5, 0.6) is 0 Å². The molecule has 7 heteroatoms. The molecule has 0 amide bonds. The average molecular weight is 324 g/mol. The van der Waals surface area contributed by atoms with Gasteiger partial charge in [-0.1, -0.05) is 24.9 Å². The fourth-order valence-corrected chi connectivity index (χ4v) is 3.23. The Morgan fingerprint density at radius 1 is 1.32 bits per heavy atom. The summed E-state index contributed by atoms with van der Waals surface area (Å²) in [6.07, 6.45) is 1.27. The third kappa shape index (κ3) is 5.48. The molecule has 106 valence electrons. The molecule has 4 nitrogen and oxygen atoms in total. The van der Waals surface area contributed by atoms with Crippen molar-refractivity contribution in [3.05, 3.63) is 29.3 Å². The summed E-state index contributed by atoms with van der Waals surface area (Å²) in [5, 5.41) is -0.0998. The van der Waals surface area contributed by atoms with Gasteiger partial charge in [0.2, 0.25) is 15.3 Å². The summed E-state index contributed by atoms with van der Waals surface area (Å²) in [5.41, 5.74) is 0. The van der Waals surface area contributed by atoms with Crippen LogP contribution in [0, 0.1) is 0 Å². The molecule has 1 N–H and O–H groups in total. The summed E-state index contributed by atoms with van der Waals surface area (Å²) in [6, 6.07) is 5.33. The number of benzene rings is 1. The highest BCUT2D eigenvalue weighted by atomic mass is 35.5. The first-order chi connectivity index (χ1) is 8.85. The van der Waals surface area contributed by atoms with Crippen LogP contribution in [-0.4, -0.2) is 19.7 Å². The molecule has 0 aliphatic carbocycles. The summed E-state index contributed by atoms with van der Waals surface area (Å²) >= 11 is 11.0. The van der Waals surface area contributed by atoms with Crippen molar-refractivity contribution >= 4 is 38.5 Å². The van der Waals surface area contributed by atoms with E-state index in [2.05, 4.69) is 4.72 Å². The third-order valence-corrected chi connectivity index (χ3v) is 4.43. The molecule has 0 fully saturated rings. The van der Waals surface area contributed by atoms with Crippen LogP contribution in [-0.2, 0) is 14.8 Å². The molecule has 0 aromatic heterocycles. The maximum absolute atomic E-state index is 12.1. The van der Waals surface area contributed by atoms with Crippen LogP contribution in [0.2, 0.25) is 5.02 Å². The van der Waals surface area contributed by atoms with Gasteiger partial charge < -0.3 is 0 Å². The van der Waals surface area contributed by atoms with Gasteiger partial charge in [-0.15, -0.1) is 0 Å². The standard InChI is InChI=1S/C12H15Cl2NO3S/c1-2-3-10(8-12(14)16)15-19(17,18)11-6-4-9(13)5-7-11/h4-7,10,15H,2-3,8H2,1H3. The van der Waals surface area contributed by atoms with Crippen molar-refractivity contribution in [2.75, 3.05) is 0 Å². The number of sulfonamides is 1. The molecule has 0 saturated carbocycles. The Bertz CT molecular complexity index is 528. The zero-order chi connectivity index (χ0) is 14.5. The van der Waals surface area contributed by atoms with Gasteiger partial charge in [-0.25, -0.2) is 13.1 Å². The number of nitrogens with one attached hydrogen (secondary N) is 1. The van der Waals surface area contributed by atoms with Crippen molar-refractivity contribution in [3.8, 4) is 0 Å². The largest absolute Gasteiger partial charge is 0.281 e. The summed E-state index contributed by atoms with van der Waals surface area (Å²) in [4.78, 5) is 11.0. The predicted molar refractivity (Wildman–Crippen MR) is 75.9 cm³/mol. The SMILES string of the molecule is CCCC(CC(=O)Cl)NS(=O)(=O)c1ccc(Cl)cc1. The molecular formula is C12H15Cl2NO3S. The predicted octanol–water partition coefficient (Wildman–Crippen LogP) is 2.94. The zero-order valence-electron chi connectivity index (χ0n) is 10.4. The summed E-state index contributed by atoms with van der Waals surface area (Å²) in [7, 11) is -3.66. The van der Waals surface area contributed by atoms with Crippen molar-refractivity contribution in [3.63, 3.8) is 0 Å². The van der Waals surface area contributed by atoms with Gasteiger partial charge in [0, 0.05) is 17.5 Å². The number of rotatable bonds is 7. The number of hydrogen-bond donors (Lipinski definition) is 1. The molecule has 19 heavy (non-hydrogen) atoms. The van der Waals surface area contributed by atoms with E-state index in [-0.39, 0.29) is 11.3 Å². The highest BCUT2D eigenvalue weighted by molar-refractivity contribution is 7.89. The van der Waals surface area contributed by atoms with Gasteiger partial charge in [0.05, 0.1) is 4.90 Å². The van der Waals surface area contributed by atoms with E-state index in [0.29, 0.717) is 11.4 Å². The molecule has 0 bridgehead atoms. The lowest BCUT2D eigenvalue weighted by Crippen LogP contribution is -2.35. The van der Waals surface area contributed by atoms with Crippen molar-refractivity contribution in [1.29, 1.82) is 0 Å². The highest BCUT2D eigenvalue weighted by Gasteiger charge is 2.21. The Hall–Kier alpha value is -0.620. The number of halogens is 2. The second-order valence-corrected chi connectivity index (χ2v) is 6.69. The van der Waals surface area contributed by atoms with Crippen LogP contribution in [0.1, 0.15) is 26.2 Å². The van der Waals surface area contributed by atoms with Crippen LogP contribution in [0.25, 0.3) is 0 Å². The minimum atomic E-state index is -3.66. The normalized spacial score (nSPS) is 13.2. The van der Waals surface area contributed by atoms with E-state index in [4.69, 9.17) is 23.2 Å². The number of carbonyl (C=O) groups is 1. The first-order valence-corrected chi connectivity index (χ1v) is 8.05. The summed E-state index contributed by atoms with van der Waals surface area (Å²) < 4.78 is 26.7. The summed E-state index contributed by atoms with van der Waals surface area (Å²) in [5.74, 6) is 0. The maximum atomic E-state index is 12.1. The number of hydrogen-bond acceptors (Lipinski definition) is 3. The molecule has 1 aromatic rings. The Morgan fingerprint density at radius 3 is 2.37 bits per heavy atom. The lowest BCUT2D eigenvalue weighted by atomic mass is 10.1. The van der Waals surface area contributed by atoms with Gasteiger partial charge in [-0.05, 0) is 42.3 Å². The summed E-state index contributed by atoms with van der Waals surface area (Å²) in [6.45, 7) is 1.91. The lowest BCUT2D eigenvalue weighted by Gasteiger charge is -2.16. The molecule has 0 aliphatic rings. The first-order valence-electron chi connectivity index (χ1n) is 5.81. The van der Waals surface area contributed by atoms with Gasteiger partial charge in [0.1, 0.15) is 0 Å². The van der Waals surface area contributed by atoms with Gasteiger partial charge >= 0.3 is 0 Å². The molecule has 0 saturated heterocycles. The van der Waals surface area contributed by atoms with Crippen molar-refractivity contribution in [2.24, 2.45) is 0 Å². The second kappa shape index (κ2) is 7.24. The van der Waals surface area contributed by atoms with Gasteiger partial charge in [-0.3, -0.25) is 4.79 Å². The molecule has 1 unspecified atom stereocenters. The fourth-order valence-electron chi connectivity index (χ4n) is 1.65. The maximum Gasteiger partial charge on any atom is 0.240 e. The second-order valence-electron chi connectivity index (χ2n) is 4.12. The molecule has 1 rings (SSSR count). The van der Waals surface area contributed by atoms with Gasteiger partial charge in [-0.2, -0.15) is 0 Å². The lowest BCUT2D eigenvalue weighted by molar-refractivity contribution is -0.112. The van der Waals surface area contributed by atoms with E-state index in [1.165, 1.54) is 24.3 Å². The number of carbonyl (C=O) groups excluding carboxylic acids is 1. The van der Waals surface area contributed by atoms with Crippen LogP contribution < -0.4 is 4.72 Å². The minimum Gasteiger partial charge on any atom is -0.281 e. The Labute approximate surface area is 123 Å². The quantitative estimate of drug-likeness (QED) is 0.784. The third-order valence-electron chi connectivity index (χ3n) is 2.49. The molecule has 0 aliphatic heterocycles. The Balaban J connectivity index is 2.87. The zero-order valence-corrected chi connectivity index (χ0v) is 12.7. The van der Waals surface area contributed by atoms with Crippen molar-refractivity contribution in [1.82, 2.24) is 4.72 Å². The van der Waals surface area contributed by atoms with Crippen molar-refractivity contribution in [2.45, 2.75) is 37.1 Å². The first kappa shape index (κ1) is 16.4. The van der Waals surface area contributed by atoms with Crippen molar-refractivity contribution < 1.29 is 13.2 Å². The topological polar surface area (TPSA) is 63.2 Å². The molecular weight excluding hydrogens is 309 g/mol. The van der Waals surface area contributed by atoms with E-state index < -0.39 is 21.3 Å². The molecule has 1 atom stereocenters. The van der Waals surface area contributed by atoms with Crippen LogP contribution >= 0.6 is 23.2 Å². The van der Waals surface area contributed by atoms with Gasteiger partial charge in [0.25, 0.3) is 0 Å². The highest BCUT2D eigenvalue weighted by Crippen LogP contribution is 2.16. The van der Waals surface area contributed by atoms with Crippen LogP contribution in [0.4, 0.5) is 0 Å². The molecule has 1 aromatic carbocycles. The molecule has 0 radical (unpaired) electrons. The Kier molecular flexibility index (Phi) is 6.26. The monoisotopic (exact) mass is 323 g/mol. The van der Waals surface area contributed by atoms with E-state index in [9.17, 15) is 13.2 Å². The molecule has 0 heterocycles. The fraction of sp³-hybridized carbons (Fsp3) is 0.417. The smallest absolute Gasteiger partial charge is 0.240 e. The van der Waals surface area contributed by atoms with Gasteiger partial charge in [0.15, 0.2) is 0 Å². The minimum absolute atomic E-state index is 0.0256. The van der Waals surface area contributed by atoms with E-state index in [1.807, 2.05) is 6.92 Å². The average Bonchev–Trinajstić information content (AvgIpc) is 2.28.